The maximum atomic E-state index is 14.1. The van der Waals surface area contributed by atoms with Crippen molar-refractivity contribution in [2.45, 2.75) is 47.1 Å². The van der Waals surface area contributed by atoms with Gasteiger partial charge in [-0.25, -0.2) is 4.68 Å². The van der Waals surface area contributed by atoms with Gasteiger partial charge < -0.3 is 9.80 Å². The predicted octanol–water partition coefficient (Wildman–Crippen LogP) is 4.17. The van der Waals surface area contributed by atoms with Gasteiger partial charge in [0.25, 0.3) is 17.0 Å². The van der Waals surface area contributed by atoms with Crippen LogP contribution in [0.3, 0.4) is 0 Å². The lowest BCUT2D eigenvalue weighted by molar-refractivity contribution is -0.113. The van der Waals surface area contributed by atoms with Crippen LogP contribution in [0.25, 0.3) is 11.8 Å². The number of likely N-dealkylation sites (N-methyl/N-ethyl adjacent to an activating group) is 1. The predicted molar refractivity (Wildman–Crippen MR) is 181 cm³/mol. The summed E-state index contributed by atoms with van der Waals surface area (Å²) in [7, 11) is 1.78. The number of para-hydroxylation sites is 1. The van der Waals surface area contributed by atoms with E-state index in [1.165, 1.54) is 9.58 Å². The van der Waals surface area contributed by atoms with Gasteiger partial charge in [0, 0.05) is 45.3 Å². The van der Waals surface area contributed by atoms with Gasteiger partial charge in [0.05, 0.1) is 16.3 Å². The second kappa shape index (κ2) is 13.0. The molecule has 3 aromatic rings. The van der Waals surface area contributed by atoms with Gasteiger partial charge in [0.2, 0.25) is 0 Å². The fraction of sp³-hybridized carbons (Fsp3) is 0.406. The second-order valence-electron chi connectivity index (χ2n) is 11.0. The Morgan fingerprint density at radius 2 is 1.70 bits per heavy atom. The Balaban J connectivity index is 1.65. The summed E-state index contributed by atoms with van der Waals surface area (Å²) in [6, 6.07) is 11.4. The van der Waals surface area contributed by atoms with Crippen LogP contribution in [0.4, 0.5) is 11.5 Å². The summed E-state index contributed by atoms with van der Waals surface area (Å²) in [6.07, 6.45) is 3.42. The number of hydrogen-bond donors (Lipinski definition) is 0. The molecular weight excluding hydrogens is 595 g/mol. The Bertz CT molecular complexity index is 1810. The summed E-state index contributed by atoms with van der Waals surface area (Å²) in [5.41, 5.74) is 2.10. The maximum Gasteiger partial charge on any atom is 0.296 e. The number of unbranched alkanes of at least 4 members (excludes halogenated alkanes) is 1. The molecule has 0 unspecified atom stereocenters. The third kappa shape index (κ3) is 5.44. The van der Waals surface area contributed by atoms with E-state index in [-0.39, 0.29) is 26.7 Å². The standard InChI is InChI=1S/C32H37N7O3S2/c1-6-8-14-37-28(36-17-15-35(7-2)16-18-36)24(21(3)25(20-33)29(37)40)19-26-30(41)38(32(43)44-26)27-22(4)34(5)39(31(27)42)23-12-10-9-11-13-23/h9-13,19H,6-8,14-18H2,1-5H3. The Morgan fingerprint density at radius 1 is 1.02 bits per heavy atom. The van der Waals surface area contributed by atoms with Gasteiger partial charge >= 0.3 is 0 Å². The quantitative estimate of drug-likeness (QED) is 0.270. The van der Waals surface area contributed by atoms with Crippen molar-refractivity contribution in [3.8, 4) is 11.8 Å². The van der Waals surface area contributed by atoms with Crippen molar-refractivity contribution >= 4 is 51.8 Å². The molecule has 2 aliphatic rings. The van der Waals surface area contributed by atoms with Gasteiger partial charge in [-0.2, -0.15) is 5.26 Å². The summed E-state index contributed by atoms with van der Waals surface area (Å²) < 4.78 is 5.20. The van der Waals surface area contributed by atoms with Crippen molar-refractivity contribution in [2.75, 3.05) is 42.5 Å². The van der Waals surface area contributed by atoms with E-state index in [0.717, 1.165) is 63.1 Å². The van der Waals surface area contributed by atoms with Crippen molar-refractivity contribution in [1.82, 2.24) is 18.8 Å². The Kier molecular flexibility index (Phi) is 9.29. The van der Waals surface area contributed by atoms with Crippen LogP contribution in [-0.4, -0.2) is 61.8 Å². The minimum atomic E-state index is -0.406. The summed E-state index contributed by atoms with van der Waals surface area (Å²) in [5.74, 6) is 0.320. The zero-order valence-electron chi connectivity index (χ0n) is 25.8. The van der Waals surface area contributed by atoms with E-state index >= 15 is 0 Å². The molecule has 12 heteroatoms. The first-order valence-electron chi connectivity index (χ1n) is 14.9. The van der Waals surface area contributed by atoms with E-state index in [9.17, 15) is 19.6 Å². The summed E-state index contributed by atoms with van der Waals surface area (Å²) in [4.78, 5) is 47.7. The molecule has 0 bridgehead atoms. The van der Waals surface area contributed by atoms with Crippen LogP contribution in [0.1, 0.15) is 49.1 Å². The second-order valence-corrected chi connectivity index (χ2v) is 12.7. The number of thiocarbonyl (C=S) groups is 1. The summed E-state index contributed by atoms with van der Waals surface area (Å²) >= 11 is 6.82. The average Bonchev–Trinajstić information content (AvgIpc) is 3.42. The van der Waals surface area contributed by atoms with E-state index in [0.29, 0.717) is 34.0 Å². The molecule has 5 rings (SSSR count). The van der Waals surface area contributed by atoms with E-state index in [2.05, 4.69) is 29.7 Å². The number of anilines is 2. The molecule has 44 heavy (non-hydrogen) atoms. The molecule has 10 nitrogen and oxygen atoms in total. The van der Waals surface area contributed by atoms with Gasteiger partial charge in [0.1, 0.15) is 23.1 Å². The molecule has 0 saturated carbocycles. The number of benzene rings is 1. The number of pyridine rings is 1. The lowest BCUT2D eigenvalue weighted by Crippen LogP contribution is -2.48. The van der Waals surface area contributed by atoms with Crippen LogP contribution in [0, 0.1) is 25.2 Å². The molecule has 0 radical (unpaired) electrons. The van der Waals surface area contributed by atoms with Crippen molar-refractivity contribution in [3.63, 3.8) is 0 Å². The van der Waals surface area contributed by atoms with Crippen molar-refractivity contribution in [1.29, 1.82) is 5.26 Å². The zero-order valence-corrected chi connectivity index (χ0v) is 27.4. The topological polar surface area (TPSA) is 99.5 Å². The van der Waals surface area contributed by atoms with Crippen molar-refractivity contribution < 1.29 is 4.79 Å². The van der Waals surface area contributed by atoms with Crippen LogP contribution in [-0.2, 0) is 18.4 Å². The molecule has 2 fully saturated rings. The highest BCUT2D eigenvalue weighted by molar-refractivity contribution is 8.27. The van der Waals surface area contributed by atoms with Crippen molar-refractivity contribution in [3.05, 3.63) is 78.3 Å². The van der Waals surface area contributed by atoms with Crippen LogP contribution in [0.2, 0.25) is 0 Å². The first kappa shape index (κ1) is 31.5. The number of amides is 1. The van der Waals surface area contributed by atoms with Crippen LogP contribution < -0.4 is 20.9 Å². The Labute approximate surface area is 266 Å². The fourth-order valence-corrected chi connectivity index (χ4v) is 7.14. The molecule has 1 aromatic carbocycles. The number of thioether (sulfide) groups is 1. The molecule has 2 saturated heterocycles. The van der Waals surface area contributed by atoms with Crippen molar-refractivity contribution in [2.24, 2.45) is 7.05 Å². The fourth-order valence-electron chi connectivity index (χ4n) is 5.89. The van der Waals surface area contributed by atoms with E-state index in [1.807, 2.05) is 30.3 Å². The third-order valence-electron chi connectivity index (χ3n) is 8.52. The van der Waals surface area contributed by atoms with Crippen LogP contribution in [0.5, 0.6) is 0 Å². The lowest BCUT2D eigenvalue weighted by Gasteiger charge is -2.37. The number of hydrogen-bond acceptors (Lipinski definition) is 8. The molecule has 0 N–H and O–H groups in total. The van der Waals surface area contributed by atoms with Gasteiger partial charge in [-0.3, -0.25) is 28.5 Å². The molecule has 2 aromatic heterocycles. The third-order valence-corrected chi connectivity index (χ3v) is 9.82. The molecule has 4 heterocycles. The number of aromatic nitrogens is 3. The highest BCUT2D eigenvalue weighted by Gasteiger charge is 2.38. The largest absolute Gasteiger partial charge is 0.355 e. The highest BCUT2D eigenvalue weighted by Crippen LogP contribution is 2.38. The first-order valence-corrected chi connectivity index (χ1v) is 16.1. The number of carbonyl (C=O) groups is 1. The summed E-state index contributed by atoms with van der Waals surface area (Å²) in [6.45, 7) is 12.3. The minimum Gasteiger partial charge on any atom is -0.355 e. The number of nitriles is 1. The molecule has 0 spiro atoms. The molecule has 1 amide bonds. The number of rotatable bonds is 8. The average molecular weight is 632 g/mol. The van der Waals surface area contributed by atoms with Gasteiger partial charge in [-0.15, -0.1) is 0 Å². The smallest absolute Gasteiger partial charge is 0.296 e. The zero-order chi connectivity index (χ0) is 31.7. The number of piperazine rings is 1. The van der Waals surface area contributed by atoms with E-state index in [4.69, 9.17) is 12.2 Å². The lowest BCUT2D eigenvalue weighted by atomic mass is 10.0. The van der Waals surface area contributed by atoms with Gasteiger partial charge in [-0.1, -0.05) is 62.4 Å². The highest BCUT2D eigenvalue weighted by atomic mass is 32.2. The molecule has 230 valence electrons. The molecule has 0 atom stereocenters. The van der Waals surface area contributed by atoms with Gasteiger partial charge in [-0.05, 0) is 50.6 Å². The number of carbonyl (C=O) groups excluding carboxylic acids is 1. The molecular formula is C32H37N7O3S2. The molecule has 0 aliphatic carbocycles. The first-order chi connectivity index (χ1) is 21.1. The minimum absolute atomic E-state index is 0.0726. The maximum absolute atomic E-state index is 14.1. The number of nitrogens with zero attached hydrogens (tertiary/aromatic N) is 7. The monoisotopic (exact) mass is 631 g/mol. The van der Waals surface area contributed by atoms with E-state index < -0.39 is 5.91 Å². The Hall–Kier alpha value is -3.92. The Morgan fingerprint density at radius 3 is 2.32 bits per heavy atom. The normalized spacial score (nSPS) is 16.8. The SMILES string of the molecule is CCCCn1c(N2CCN(CC)CC2)c(C=C2SC(=S)N(c3c(C)n(C)n(-c4ccccc4)c3=O)C2=O)c(C)c(C#N)c1=O. The summed E-state index contributed by atoms with van der Waals surface area (Å²) in [5, 5.41) is 10.0. The van der Waals surface area contributed by atoms with Gasteiger partial charge in [0.15, 0.2) is 4.32 Å². The van der Waals surface area contributed by atoms with E-state index in [1.54, 1.807) is 36.2 Å². The van der Waals surface area contributed by atoms with Crippen LogP contribution >= 0.6 is 24.0 Å². The van der Waals surface area contributed by atoms with Crippen LogP contribution in [0.15, 0.2) is 44.8 Å². The molecule has 2 aliphatic heterocycles.